The number of alkyl halides is 3. The molecule has 30 heavy (non-hydrogen) atoms. The van der Waals surface area contributed by atoms with E-state index in [-0.39, 0.29) is 11.6 Å². The van der Waals surface area contributed by atoms with E-state index in [9.17, 15) is 18.0 Å². The highest BCUT2D eigenvalue weighted by atomic mass is 32.2. The van der Waals surface area contributed by atoms with E-state index < -0.39 is 17.0 Å². The molecule has 1 unspecified atom stereocenters. The van der Waals surface area contributed by atoms with Gasteiger partial charge in [-0.2, -0.15) is 13.2 Å². The fraction of sp³-hybridized carbons (Fsp3) is 0.190. The van der Waals surface area contributed by atoms with Crippen LogP contribution in [0.3, 0.4) is 0 Å². The largest absolute Gasteiger partial charge is 0.416 e. The molecule has 1 N–H and O–H groups in total. The number of nitrogens with one attached hydrogen (secondary N) is 1. The summed E-state index contributed by atoms with van der Waals surface area (Å²) in [5.74, 6) is -0.390. The number of amides is 1. The standard InChI is InChI=1S/C21H17F3N4OS/c1-2-17(19(29)25-15-8-5-7-14(12-15)21(22,23)24)30-20-27-26-18-11-10-13-6-3-4-9-16(13)28(18)20/h3-12,17H,2H2,1H3,(H,25,29). The summed E-state index contributed by atoms with van der Waals surface area (Å²) in [5, 5.41) is 12.0. The zero-order valence-electron chi connectivity index (χ0n) is 15.8. The first-order valence-electron chi connectivity index (χ1n) is 9.24. The molecule has 0 radical (unpaired) electrons. The maximum atomic E-state index is 12.9. The summed E-state index contributed by atoms with van der Waals surface area (Å²) in [7, 11) is 0. The van der Waals surface area contributed by atoms with E-state index in [1.807, 2.05) is 47.7 Å². The summed E-state index contributed by atoms with van der Waals surface area (Å²) in [6.45, 7) is 1.84. The third-order valence-corrected chi connectivity index (χ3v) is 5.92. The fourth-order valence-electron chi connectivity index (χ4n) is 3.13. The number of aromatic nitrogens is 3. The van der Waals surface area contributed by atoms with Gasteiger partial charge < -0.3 is 5.32 Å². The molecule has 1 atom stereocenters. The first-order valence-corrected chi connectivity index (χ1v) is 10.1. The van der Waals surface area contributed by atoms with E-state index in [0.717, 1.165) is 23.0 Å². The van der Waals surface area contributed by atoms with Crippen molar-refractivity contribution in [2.24, 2.45) is 0 Å². The van der Waals surface area contributed by atoms with Crippen LogP contribution in [0.25, 0.3) is 16.6 Å². The molecular weight excluding hydrogens is 413 g/mol. The Hall–Kier alpha value is -3.07. The predicted molar refractivity (Wildman–Crippen MR) is 111 cm³/mol. The Morgan fingerprint density at radius 1 is 1.10 bits per heavy atom. The second-order valence-electron chi connectivity index (χ2n) is 6.65. The molecular formula is C21H17F3N4OS. The summed E-state index contributed by atoms with van der Waals surface area (Å²) in [6.07, 6.45) is -4.00. The van der Waals surface area contributed by atoms with Crippen molar-refractivity contribution in [1.82, 2.24) is 14.6 Å². The van der Waals surface area contributed by atoms with Gasteiger partial charge in [0.1, 0.15) is 0 Å². The van der Waals surface area contributed by atoms with E-state index in [1.54, 1.807) is 0 Å². The number of pyridine rings is 1. The van der Waals surface area contributed by atoms with Crippen molar-refractivity contribution >= 4 is 39.9 Å². The molecule has 4 rings (SSSR count). The first-order chi connectivity index (χ1) is 14.4. The quantitative estimate of drug-likeness (QED) is 0.430. The molecule has 9 heteroatoms. The molecule has 0 spiro atoms. The van der Waals surface area contributed by atoms with Gasteiger partial charge in [0.05, 0.1) is 16.3 Å². The van der Waals surface area contributed by atoms with Crippen LogP contribution in [-0.2, 0) is 11.0 Å². The zero-order chi connectivity index (χ0) is 21.3. The minimum absolute atomic E-state index is 0.102. The van der Waals surface area contributed by atoms with Crippen LogP contribution in [0.2, 0.25) is 0 Å². The molecule has 2 aromatic heterocycles. The minimum atomic E-state index is -4.47. The normalized spacial score (nSPS) is 12.9. The van der Waals surface area contributed by atoms with Crippen molar-refractivity contribution in [1.29, 1.82) is 0 Å². The molecule has 0 fully saturated rings. The van der Waals surface area contributed by atoms with Gasteiger partial charge in [-0.05, 0) is 48.2 Å². The molecule has 0 saturated carbocycles. The summed E-state index contributed by atoms with van der Waals surface area (Å²) < 4.78 is 40.6. The second kappa shape index (κ2) is 7.98. The van der Waals surface area contributed by atoms with Crippen molar-refractivity contribution in [2.75, 3.05) is 5.32 Å². The zero-order valence-corrected chi connectivity index (χ0v) is 16.7. The Morgan fingerprint density at radius 3 is 2.67 bits per heavy atom. The van der Waals surface area contributed by atoms with E-state index in [1.165, 1.54) is 23.9 Å². The maximum absolute atomic E-state index is 12.9. The van der Waals surface area contributed by atoms with Crippen LogP contribution in [0.5, 0.6) is 0 Å². The van der Waals surface area contributed by atoms with E-state index in [4.69, 9.17) is 0 Å². The predicted octanol–water partition coefficient (Wildman–Crippen LogP) is 5.41. The number of benzene rings is 2. The van der Waals surface area contributed by atoms with Gasteiger partial charge in [0.15, 0.2) is 10.8 Å². The van der Waals surface area contributed by atoms with Crippen molar-refractivity contribution < 1.29 is 18.0 Å². The van der Waals surface area contributed by atoms with Crippen LogP contribution in [0.15, 0.2) is 65.8 Å². The number of hydrogen-bond donors (Lipinski definition) is 1. The summed E-state index contributed by atoms with van der Waals surface area (Å²) in [5.41, 5.74) is 0.862. The lowest BCUT2D eigenvalue weighted by molar-refractivity contribution is -0.137. The number of fused-ring (bicyclic) bond motifs is 3. The number of hydrogen-bond acceptors (Lipinski definition) is 4. The van der Waals surface area contributed by atoms with Gasteiger partial charge >= 0.3 is 6.18 Å². The van der Waals surface area contributed by atoms with Gasteiger partial charge in [-0.25, -0.2) is 0 Å². The number of thioether (sulfide) groups is 1. The number of carbonyl (C=O) groups is 1. The van der Waals surface area contributed by atoms with Gasteiger partial charge in [0.25, 0.3) is 0 Å². The van der Waals surface area contributed by atoms with Gasteiger partial charge in [-0.1, -0.05) is 43.0 Å². The average molecular weight is 430 g/mol. The highest BCUT2D eigenvalue weighted by Gasteiger charge is 2.30. The Labute approximate surface area is 174 Å². The number of rotatable bonds is 5. The summed E-state index contributed by atoms with van der Waals surface area (Å²) in [6, 6.07) is 16.2. The molecule has 1 amide bonds. The molecule has 154 valence electrons. The van der Waals surface area contributed by atoms with Crippen molar-refractivity contribution in [2.45, 2.75) is 29.9 Å². The minimum Gasteiger partial charge on any atom is -0.325 e. The number of halogens is 3. The van der Waals surface area contributed by atoms with Gasteiger partial charge in [0.2, 0.25) is 5.91 Å². The molecule has 0 aliphatic heterocycles. The molecule has 0 bridgehead atoms. The van der Waals surface area contributed by atoms with E-state index in [2.05, 4.69) is 15.5 Å². The molecule has 2 aromatic carbocycles. The van der Waals surface area contributed by atoms with Crippen LogP contribution in [0.1, 0.15) is 18.9 Å². The van der Waals surface area contributed by atoms with Crippen LogP contribution >= 0.6 is 11.8 Å². The Kier molecular flexibility index (Phi) is 5.38. The van der Waals surface area contributed by atoms with Gasteiger partial charge in [0, 0.05) is 5.69 Å². The lowest BCUT2D eigenvalue weighted by Crippen LogP contribution is -2.25. The SMILES string of the molecule is CCC(Sc1nnc2ccc3ccccc3n12)C(=O)Nc1cccc(C(F)(F)F)c1. The van der Waals surface area contributed by atoms with Crippen molar-refractivity contribution in [3.63, 3.8) is 0 Å². The monoisotopic (exact) mass is 430 g/mol. The summed E-state index contributed by atoms with van der Waals surface area (Å²) >= 11 is 1.23. The van der Waals surface area contributed by atoms with Crippen LogP contribution in [-0.4, -0.2) is 25.8 Å². The third-order valence-electron chi connectivity index (χ3n) is 4.62. The van der Waals surface area contributed by atoms with Gasteiger partial charge in [-0.15, -0.1) is 10.2 Å². The summed E-state index contributed by atoms with van der Waals surface area (Å²) in [4.78, 5) is 12.8. The Bertz CT molecular complexity index is 1220. The lowest BCUT2D eigenvalue weighted by atomic mass is 10.2. The van der Waals surface area contributed by atoms with Crippen molar-refractivity contribution in [3.8, 4) is 0 Å². The molecule has 4 aromatic rings. The second-order valence-corrected chi connectivity index (χ2v) is 7.82. The maximum Gasteiger partial charge on any atom is 0.416 e. The van der Waals surface area contributed by atoms with Crippen LogP contribution in [0.4, 0.5) is 18.9 Å². The molecule has 2 heterocycles. The molecule has 0 saturated heterocycles. The van der Waals surface area contributed by atoms with Crippen LogP contribution < -0.4 is 5.32 Å². The third kappa shape index (κ3) is 3.97. The molecule has 0 aliphatic carbocycles. The number of para-hydroxylation sites is 1. The van der Waals surface area contributed by atoms with Gasteiger partial charge in [-0.3, -0.25) is 9.20 Å². The highest BCUT2D eigenvalue weighted by Crippen LogP contribution is 2.32. The average Bonchev–Trinajstić information content (AvgIpc) is 3.15. The topological polar surface area (TPSA) is 59.3 Å². The number of carbonyl (C=O) groups excluding carboxylic acids is 1. The van der Waals surface area contributed by atoms with Crippen LogP contribution in [0, 0.1) is 0 Å². The molecule has 0 aliphatic rings. The molecule has 5 nitrogen and oxygen atoms in total. The van der Waals surface area contributed by atoms with E-state index in [0.29, 0.717) is 17.2 Å². The smallest absolute Gasteiger partial charge is 0.325 e. The highest BCUT2D eigenvalue weighted by molar-refractivity contribution is 8.00. The fourth-order valence-corrected chi connectivity index (χ4v) is 4.11. The van der Waals surface area contributed by atoms with Crippen molar-refractivity contribution in [3.05, 3.63) is 66.2 Å². The number of nitrogens with zero attached hydrogens (tertiary/aromatic N) is 3. The van der Waals surface area contributed by atoms with E-state index >= 15 is 0 Å². The first kappa shape index (κ1) is 20.2. The number of anilines is 1. The Morgan fingerprint density at radius 2 is 1.90 bits per heavy atom. The lowest BCUT2D eigenvalue weighted by Gasteiger charge is -2.15. The Balaban J connectivity index is 1.60.